The molecule has 0 aliphatic rings. The van der Waals surface area contributed by atoms with Gasteiger partial charge in [-0.2, -0.15) is 0 Å². The van der Waals surface area contributed by atoms with Crippen LogP contribution in [0.1, 0.15) is 26.3 Å². The topological polar surface area (TPSA) is 156 Å². The standard InChI is InChI=1S/C15H12IN3O2.C14H12IN3O.C14H10IN3O/c1-19-8-17-7-14(19)13-6-11(15(20)21-2)10-5-9(16)3-4-12(10)18-13;2*1-18-8-16-6-14(18)13-4-9(7-19)11-5-10(15)2-3-12(11)17-13/h3-8H,1-2H3;2-6,8,19H,7H2,1H3;2-8H,1H3. The zero-order valence-electron chi connectivity index (χ0n) is 32.0. The molecule has 0 bridgehead atoms. The van der Waals surface area contributed by atoms with Gasteiger partial charge in [0.05, 0.1) is 108 Å². The van der Waals surface area contributed by atoms with Crippen LogP contribution in [-0.4, -0.2) is 68.1 Å². The summed E-state index contributed by atoms with van der Waals surface area (Å²) in [5.74, 6) is -0.368. The van der Waals surface area contributed by atoms with E-state index in [2.05, 4.69) is 97.7 Å². The van der Waals surface area contributed by atoms with Crippen molar-refractivity contribution in [2.45, 2.75) is 6.61 Å². The molecule has 6 aromatic heterocycles. The number of fused-ring (bicyclic) bond motifs is 3. The molecule has 1 N–H and O–H groups in total. The predicted molar refractivity (Wildman–Crippen MR) is 253 cm³/mol. The molecular weight excluding hydrogens is 1090 g/mol. The minimum absolute atomic E-state index is 0.00393. The van der Waals surface area contributed by atoms with Crippen LogP contribution in [-0.2, 0) is 32.5 Å². The number of ether oxygens (including phenoxy) is 1. The summed E-state index contributed by atoms with van der Waals surface area (Å²) in [6, 6.07) is 23.2. The molecule has 0 amide bonds. The molecule has 13 nitrogen and oxygen atoms in total. The van der Waals surface area contributed by atoms with E-state index in [-0.39, 0.29) is 12.6 Å². The number of imidazole rings is 3. The fourth-order valence-corrected chi connectivity index (χ4v) is 7.88. The van der Waals surface area contributed by atoms with E-state index in [0.29, 0.717) is 16.8 Å². The average Bonchev–Trinajstić information content (AvgIpc) is 4.00. The Balaban J connectivity index is 0.000000134. The van der Waals surface area contributed by atoms with Crippen LogP contribution in [0.15, 0.2) is 110 Å². The highest BCUT2D eigenvalue weighted by Gasteiger charge is 2.16. The largest absolute Gasteiger partial charge is 0.465 e. The van der Waals surface area contributed by atoms with Gasteiger partial charge in [-0.05, 0) is 146 Å². The van der Waals surface area contributed by atoms with Gasteiger partial charge >= 0.3 is 5.97 Å². The molecule has 296 valence electrons. The molecule has 9 aromatic rings. The van der Waals surface area contributed by atoms with Gasteiger partial charge in [-0.1, -0.05) is 0 Å². The SMILES string of the molecule is COC(=O)c1cc(-c2cncn2C)nc2ccc(I)cc12.Cn1cncc1-c1cc(C=O)c2cc(I)ccc2n1.Cn1cncc1-c1cc(CO)c2cc(I)ccc2n1. The van der Waals surface area contributed by atoms with Crippen molar-refractivity contribution in [3.8, 4) is 34.2 Å². The lowest BCUT2D eigenvalue weighted by Crippen LogP contribution is -2.04. The van der Waals surface area contributed by atoms with E-state index < -0.39 is 0 Å². The zero-order chi connectivity index (χ0) is 41.8. The number of aromatic nitrogens is 9. The van der Waals surface area contributed by atoms with Crippen LogP contribution in [0, 0.1) is 10.7 Å². The number of aryl methyl sites for hydroxylation is 3. The van der Waals surface area contributed by atoms with Crippen LogP contribution >= 0.6 is 67.8 Å². The highest BCUT2D eigenvalue weighted by molar-refractivity contribution is 14.1. The Morgan fingerprint density at radius 3 is 1.49 bits per heavy atom. The number of methoxy groups -OCH3 is 1. The first-order valence-corrected chi connectivity index (χ1v) is 21.1. The third-order valence-corrected chi connectivity index (χ3v) is 11.4. The highest BCUT2D eigenvalue weighted by Crippen LogP contribution is 2.28. The summed E-state index contributed by atoms with van der Waals surface area (Å²) in [5, 5.41) is 12.2. The summed E-state index contributed by atoms with van der Waals surface area (Å²) < 4.78 is 13.8. The molecule has 16 heteroatoms. The molecule has 9 rings (SSSR count). The maximum Gasteiger partial charge on any atom is 0.338 e. The van der Waals surface area contributed by atoms with Crippen LogP contribution in [0.4, 0.5) is 0 Å². The molecule has 0 spiro atoms. The van der Waals surface area contributed by atoms with Crippen molar-refractivity contribution in [3.05, 3.63) is 138 Å². The number of carbonyl (C=O) groups is 2. The summed E-state index contributed by atoms with van der Waals surface area (Å²) >= 11 is 6.70. The Labute approximate surface area is 379 Å². The lowest BCUT2D eigenvalue weighted by atomic mass is 10.1. The average molecular weight is 1120 g/mol. The van der Waals surface area contributed by atoms with E-state index in [0.717, 1.165) is 83.7 Å². The third kappa shape index (κ3) is 9.19. The quantitative estimate of drug-likeness (QED) is 0.0971. The molecular formula is C43H34I3N9O4. The Kier molecular flexibility index (Phi) is 13.1. The van der Waals surface area contributed by atoms with E-state index in [1.165, 1.54) is 7.11 Å². The van der Waals surface area contributed by atoms with Crippen LogP contribution in [0.5, 0.6) is 0 Å². The fraction of sp³-hybridized carbons (Fsp3) is 0.116. The highest BCUT2D eigenvalue weighted by atomic mass is 127. The summed E-state index contributed by atoms with van der Waals surface area (Å²) in [6.45, 7) is 0.00393. The number of esters is 1. The second-order valence-corrected chi connectivity index (χ2v) is 17.0. The number of benzene rings is 3. The number of aliphatic hydroxyl groups is 1. The minimum atomic E-state index is -0.368. The maximum atomic E-state index is 12.1. The normalized spacial score (nSPS) is 10.9. The Hall–Kier alpha value is -5.19. The van der Waals surface area contributed by atoms with Crippen molar-refractivity contribution in [1.82, 2.24) is 43.6 Å². The van der Waals surface area contributed by atoms with E-state index >= 15 is 0 Å². The second-order valence-electron chi connectivity index (χ2n) is 13.2. The zero-order valence-corrected chi connectivity index (χ0v) is 38.5. The van der Waals surface area contributed by atoms with Gasteiger partial charge in [-0.25, -0.2) is 34.7 Å². The molecule has 0 aliphatic heterocycles. The first kappa shape index (κ1) is 42.0. The Morgan fingerprint density at radius 2 is 1.05 bits per heavy atom. The number of rotatable bonds is 6. The molecule has 0 saturated carbocycles. The first-order chi connectivity index (χ1) is 28.5. The summed E-state index contributed by atoms with van der Waals surface area (Å²) in [4.78, 5) is 49.5. The summed E-state index contributed by atoms with van der Waals surface area (Å²) in [7, 11) is 7.11. The summed E-state index contributed by atoms with van der Waals surface area (Å²) in [5.41, 5.74) is 9.49. The van der Waals surface area contributed by atoms with Gasteiger partial charge < -0.3 is 23.5 Å². The number of nitrogens with zero attached hydrogens (tertiary/aromatic N) is 9. The van der Waals surface area contributed by atoms with Crippen molar-refractivity contribution in [1.29, 1.82) is 0 Å². The van der Waals surface area contributed by atoms with Gasteiger partial charge in [-0.3, -0.25) is 4.79 Å². The lowest BCUT2D eigenvalue weighted by molar-refractivity contribution is 0.0603. The molecule has 0 unspecified atom stereocenters. The lowest BCUT2D eigenvalue weighted by Gasteiger charge is -2.09. The Bertz CT molecular complexity index is 3010. The van der Waals surface area contributed by atoms with Crippen molar-refractivity contribution in [2.24, 2.45) is 21.1 Å². The molecule has 0 fully saturated rings. The van der Waals surface area contributed by atoms with E-state index in [4.69, 9.17) is 4.74 Å². The van der Waals surface area contributed by atoms with E-state index in [1.807, 2.05) is 102 Å². The van der Waals surface area contributed by atoms with E-state index in [1.54, 1.807) is 43.6 Å². The van der Waals surface area contributed by atoms with Gasteiger partial charge in [0.15, 0.2) is 6.29 Å². The van der Waals surface area contributed by atoms with Crippen LogP contribution < -0.4 is 0 Å². The van der Waals surface area contributed by atoms with Gasteiger partial charge in [0, 0.05) is 53.6 Å². The molecule has 0 radical (unpaired) electrons. The van der Waals surface area contributed by atoms with Crippen LogP contribution in [0.2, 0.25) is 0 Å². The Morgan fingerprint density at radius 1 is 0.627 bits per heavy atom. The number of aldehydes is 1. The monoisotopic (exact) mass is 1120 g/mol. The van der Waals surface area contributed by atoms with E-state index in [9.17, 15) is 14.7 Å². The molecule has 0 saturated heterocycles. The first-order valence-electron chi connectivity index (χ1n) is 17.8. The van der Waals surface area contributed by atoms with Gasteiger partial charge in [0.1, 0.15) is 0 Å². The number of halogens is 3. The van der Waals surface area contributed by atoms with Crippen molar-refractivity contribution in [3.63, 3.8) is 0 Å². The van der Waals surface area contributed by atoms with Crippen molar-refractivity contribution in [2.75, 3.05) is 7.11 Å². The van der Waals surface area contributed by atoms with Gasteiger partial charge in [0.25, 0.3) is 0 Å². The van der Waals surface area contributed by atoms with Gasteiger partial charge in [-0.15, -0.1) is 0 Å². The number of carbonyl (C=O) groups excluding carboxylic acids is 2. The predicted octanol–water partition coefficient (Wildman–Crippen LogP) is 8.81. The molecule has 0 atom stereocenters. The van der Waals surface area contributed by atoms with Crippen LogP contribution in [0.25, 0.3) is 66.9 Å². The van der Waals surface area contributed by atoms with Crippen LogP contribution in [0.3, 0.4) is 0 Å². The third-order valence-electron chi connectivity index (χ3n) is 9.37. The molecule has 0 aliphatic carbocycles. The second kappa shape index (κ2) is 18.4. The molecule has 59 heavy (non-hydrogen) atoms. The number of pyridine rings is 3. The molecule has 6 heterocycles. The van der Waals surface area contributed by atoms with Crippen molar-refractivity contribution < 1.29 is 19.4 Å². The fourth-order valence-electron chi connectivity index (χ4n) is 6.40. The number of hydrogen-bond acceptors (Lipinski definition) is 10. The maximum absolute atomic E-state index is 12.1. The summed E-state index contributed by atoms with van der Waals surface area (Å²) in [6.07, 6.45) is 11.3. The number of aliphatic hydroxyl groups excluding tert-OH is 1. The smallest absolute Gasteiger partial charge is 0.338 e. The number of hydrogen-bond donors (Lipinski definition) is 1. The van der Waals surface area contributed by atoms with Crippen molar-refractivity contribution >= 4 is 113 Å². The molecule has 3 aromatic carbocycles. The van der Waals surface area contributed by atoms with Gasteiger partial charge in [0.2, 0.25) is 0 Å². The minimum Gasteiger partial charge on any atom is -0.465 e.